The number of hydrogen-bond acceptors (Lipinski definition) is 8. The van der Waals surface area contributed by atoms with Crippen molar-refractivity contribution in [3.8, 4) is 0 Å². The van der Waals surface area contributed by atoms with Gasteiger partial charge in [0.05, 0.1) is 13.2 Å². The Labute approximate surface area is 172 Å². The third-order valence-electron chi connectivity index (χ3n) is 5.04. The predicted octanol–water partition coefficient (Wildman–Crippen LogP) is -0.430. The first kappa shape index (κ1) is 22.6. The van der Waals surface area contributed by atoms with Crippen LogP contribution in [0.3, 0.4) is 0 Å². The second-order valence-electron chi connectivity index (χ2n) is 7.01. The minimum atomic E-state index is -4.17. The third-order valence-corrected chi connectivity index (χ3v) is 6.10. The van der Waals surface area contributed by atoms with Crippen LogP contribution >= 0.6 is 7.75 Å². The number of nitrogens with two attached hydrogens (primary N) is 1. The lowest BCUT2D eigenvalue weighted by molar-refractivity contribution is -0.00508. The SMILES string of the molecule is Nc1ccn(C2(CCO)COC(COP(=O)(O)NCc3ccccc3)C2O)c(=O)n1. The number of anilines is 1. The van der Waals surface area contributed by atoms with Crippen LogP contribution < -0.4 is 16.5 Å². The van der Waals surface area contributed by atoms with Gasteiger partial charge in [-0.25, -0.2) is 14.4 Å². The van der Waals surface area contributed by atoms with Gasteiger partial charge in [0, 0.05) is 19.3 Å². The van der Waals surface area contributed by atoms with Crippen LogP contribution in [-0.2, 0) is 25.9 Å². The van der Waals surface area contributed by atoms with E-state index in [1.807, 2.05) is 6.07 Å². The van der Waals surface area contributed by atoms with Gasteiger partial charge in [0.1, 0.15) is 23.6 Å². The van der Waals surface area contributed by atoms with Crippen molar-refractivity contribution in [2.75, 3.05) is 25.6 Å². The summed E-state index contributed by atoms with van der Waals surface area (Å²) in [7, 11) is -4.17. The van der Waals surface area contributed by atoms with Gasteiger partial charge in [-0.05, 0) is 18.1 Å². The molecule has 1 aliphatic rings. The number of nitrogens with zero attached hydrogens (tertiary/aromatic N) is 2. The number of ether oxygens (including phenoxy) is 1. The first-order valence-corrected chi connectivity index (χ1v) is 10.9. The van der Waals surface area contributed by atoms with E-state index >= 15 is 0 Å². The zero-order valence-electron chi connectivity index (χ0n) is 16.1. The van der Waals surface area contributed by atoms with Crippen LogP contribution in [0.25, 0.3) is 0 Å². The fourth-order valence-electron chi connectivity index (χ4n) is 3.42. The molecular formula is C18H25N4O7P. The Hall–Kier alpha value is -2.11. The Morgan fingerprint density at radius 3 is 2.77 bits per heavy atom. The maximum Gasteiger partial charge on any atom is 0.403 e. The molecule has 2 heterocycles. The molecule has 164 valence electrons. The first-order chi connectivity index (χ1) is 14.3. The molecular weight excluding hydrogens is 415 g/mol. The van der Waals surface area contributed by atoms with E-state index in [-0.39, 0.29) is 32.0 Å². The number of aliphatic hydroxyl groups is 2. The van der Waals surface area contributed by atoms with Gasteiger partial charge in [0.15, 0.2) is 0 Å². The number of benzene rings is 1. The molecule has 6 N–H and O–H groups in total. The summed E-state index contributed by atoms with van der Waals surface area (Å²) in [5, 5.41) is 22.8. The molecule has 0 aliphatic carbocycles. The average Bonchev–Trinajstić information content (AvgIpc) is 3.02. The Kier molecular flexibility index (Phi) is 7.04. The van der Waals surface area contributed by atoms with Crippen molar-refractivity contribution in [1.29, 1.82) is 0 Å². The molecule has 2 aromatic rings. The molecule has 1 saturated heterocycles. The molecule has 30 heavy (non-hydrogen) atoms. The van der Waals surface area contributed by atoms with Crippen molar-refractivity contribution in [1.82, 2.24) is 14.6 Å². The van der Waals surface area contributed by atoms with E-state index in [2.05, 4.69) is 10.1 Å². The smallest absolute Gasteiger partial charge is 0.396 e. The molecule has 0 radical (unpaired) electrons. The van der Waals surface area contributed by atoms with Gasteiger partial charge in [-0.3, -0.25) is 9.09 Å². The van der Waals surface area contributed by atoms with Gasteiger partial charge >= 0.3 is 13.4 Å². The zero-order chi connectivity index (χ0) is 21.8. The molecule has 1 aromatic heterocycles. The predicted molar refractivity (Wildman–Crippen MR) is 107 cm³/mol. The maximum atomic E-state index is 12.3. The summed E-state index contributed by atoms with van der Waals surface area (Å²) < 4.78 is 24.1. The lowest BCUT2D eigenvalue weighted by Crippen LogP contribution is -2.52. The number of nitrogens with one attached hydrogen (secondary N) is 1. The summed E-state index contributed by atoms with van der Waals surface area (Å²) in [4.78, 5) is 26.0. The summed E-state index contributed by atoms with van der Waals surface area (Å²) in [5.41, 5.74) is 4.30. The van der Waals surface area contributed by atoms with Crippen molar-refractivity contribution >= 4 is 13.6 Å². The summed E-state index contributed by atoms with van der Waals surface area (Å²) >= 11 is 0. The number of nitrogen functional groups attached to an aromatic ring is 1. The quantitative estimate of drug-likeness (QED) is 0.323. The standard InChI is InChI=1S/C18H25N4O7P/c19-15-6-8-22(17(25)21-15)18(7-9-23)12-28-14(16(18)24)11-29-30(26,27)20-10-13-4-2-1-3-5-13/h1-6,8,14,16,23-24H,7,9-12H2,(H2,19,21,25)(H2,20,26,27). The molecule has 4 atom stereocenters. The van der Waals surface area contributed by atoms with E-state index < -0.39 is 37.8 Å². The van der Waals surface area contributed by atoms with Crippen molar-refractivity contribution in [2.45, 2.75) is 30.7 Å². The summed E-state index contributed by atoms with van der Waals surface area (Å²) in [6.07, 6.45) is -0.935. The van der Waals surface area contributed by atoms with Crippen LogP contribution in [0.15, 0.2) is 47.4 Å². The second kappa shape index (κ2) is 9.36. The highest BCUT2D eigenvalue weighted by Crippen LogP contribution is 2.40. The topological polar surface area (TPSA) is 169 Å². The van der Waals surface area contributed by atoms with E-state index in [0.29, 0.717) is 0 Å². The maximum absolute atomic E-state index is 12.3. The van der Waals surface area contributed by atoms with Gasteiger partial charge in [0.25, 0.3) is 0 Å². The van der Waals surface area contributed by atoms with Crippen LogP contribution in [0.4, 0.5) is 5.82 Å². The highest BCUT2D eigenvalue weighted by Gasteiger charge is 2.51. The molecule has 0 amide bonds. The van der Waals surface area contributed by atoms with Crippen LogP contribution in [0, 0.1) is 0 Å². The van der Waals surface area contributed by atoms with E-state index in [1.54, 1.807) is 24.3 Å². The molecule has 1 aliphatic heterocycles. The Morgan fingerprint density at radius 2 is 2.10 bits per heavy atom. The molecule has 11 nitrogen and oxygen atoms in total. The van der Waals surface area contributed by atoms with Gasteiger partial charge < -0.3 is 25.6 Å². The third kappa shape index (κ3) is 4.96. The van der Waals surface area contributed by atoms with Gasteiger partial charge in [0.2, 0.25) is 0 Å². The average molecular weight is 440 g/mol. The van der Waals surface area contributed by atoms with Gasteiger partial charge in [-0.1, -0.05) is 30.3 Å². The van der Waals surface area contributed by atoms with Crippen LogP contribution in [-0.4, -0.2) is 56.7 Å². The van der Waals surface area contributed by atoms with Crippen molar-refractivity contribution < 1.29 is 28.9 Å². The molecule has 0 saturated carbocycles. The summed E-state index contributed by atoms with van der Waals surface area (Å²) in [6, 6.07) is 10.4. The van der Waals surface area contributed by atoms with E-state index in [4.69, 9.17) is 15.0 Å². The second-order valence-corrected chi connectivity index (χ2v) is 8.63. The number of rotatable bonds is 9. The lowest BCUT2D eigenvalue weighted by atomic mass is 9.88. The van der Waals surface area contributed by atoms with E-state index in [9.17, 15) is 24.5 Å². The Balaban J connectivity index is 1.67. The van der Waals surface area contributed by atoms with Crippen LogP contribution in [0.5, 0.6) is 0 Å². The number of aromatic nitrogens is 2. The number of hydrogen-bond donors (Lipinski definition) is 5. The van der Waals surface area contributed by atoms with Gasteiger partial charge in [-0.15, -0.1) is 0 Å². The highest BCUT2D eigenvalue weighted by molar-refractivity contribution is 7.50. The first-order valence-electron chi connectivity index (χ1n) is 9.30. The zero-order valence-corrected chi connectivity index (χ0v) is 17.0. The van der Waals surface area contributed by atoms with Gasteiger partial charge in [-0.2, -0.15) is 4.98 Å². The van der Waals surface area contributed by atoms with Crippen LogP contribution in [0.2, 0.25) is 0 Å². The molecule has 0 spiro atoms. The van der Waals surface area contributed by atoms with E-state index in [0.717, 1.165) is 10.1 Å². The molecule has 12 heteroatoms. The Bertz CT molecular complexity index is 957. The Morgan fingerprint density at radius 1 is 1.37 bits per heavy atom. The minimum absolute atomic E-state index is 0.000779. The number of aliphatic hydroxyl groups excluding tert-OH is 2. The van der Waals surface area contributed by atoms with Crippen LogP contribution in [0.1, 0.15) is 12.0 Å². The summed E-state index contributed by atoms with van der Waals surface area (Å²) in [5.74, 6) is 0.0226. The monoisotopic (exact) mass is 440 g/mol. The van der Waals surface area contributed by atoms with Crippen molar-refractivity contribution in [2.24, 2.45) is 0 Å². The molecule has 1 aromatic carbocycles. The minimum Gasteiger partial charge on any atom is -0.396 e. The normalized spacial score (nSPS) is 25.8. The largest absolute Gasteiger partial charge is 0.403 e. The molecule has 0 bridgehead atoms. The molecule has 4 unspecified atom stereocenters. The molecule has 1 fully saturated rings. The fourth-order valence-corrected chi connectivity index (χ4v) is 4.24. The summed E-state index contributed by atoms with van der Waals surface area (Å²) in [6.45, 7) is -0.742. The highest BCUT2D eigenvalue weighted by atomic mass is 31.2. The van der Waals surface area contributed by atoms with E-state index in [1.165, 1.54) is 12.3 Å². The van der Waals surface area contributed by atoms with Crippen molar-refractivity contribution in [3.05, 3.63) is 58.6 Å². The lowest BCUT2D eigenvalue weighted by Gasteiger charge is -2.33. The fraction of sp³-hybridized carbons (Fsp3) is 0.444. The van der Waals surface area contributed by atoms with Crippen molar-refractivity contribution in [3.63, 3.8) is 0 Å². The molecule has 3 rings (SSSR count).